The summed E-state index contributed by atoms with van der Waals surface area (Å²) < 4.78 is 2.25. The van der Waals surface area contributed by atoms with Gasteiger partial charge in [0.1, 0.15) is 11.6 Å². The second-order valence-corrected chi connectivity index (χ2v) is 7.30. The van der Waals surface area contributed by atoms with Crippen LogP contribution in [0.25, 0.3) is 6.08 Å². The summed E-state index contributed by atoms with van der Waals surface area (Å²) in [4.78, 5) is 14.6. The number of hydrogen-bond acceptors (Lipinski definition) is 2. The van der Waals surface area contributed by atoms with Gasteiger partial charge in [-0.05, 0) is 56.2 Å². The van der Waals surface area contributed by atoms with Crippen LogP contribution < -0.4 is 0 Å². The lowest BCUT2D eigenvalue weighted by Crippen LogP contribution is -2.43. The molecular weight excluding hydrogens is 298 g/mol. The number of hydrogen-bond donors (Lipinski definition) is 0. The molecule has 0 radical (unpaired) electrons. The summed E-state index contributed by atoms with van der Waals surface area (Å²) in [6.07, 6.45) is 3.97. The molecule has 4 nitrogen and oxygen atoms in total. The SMILES string of the molecule is CCCn1c(C)cc(/C=C(\C#N)C(=O)N2CC(C)CC(C)C2)c1C. The average molecular weight is 327 g/mol. The molecule has 2 heterocycles. The Balaban J connectivity index is 2.28. The molecule has 24 heavy (non-hydrogen) atoms. The van der Waals surface area contributed by atoms with Crippen molar-refractivity contribution in [2.24, 2.45) is 11.8 Å². The lowest BCUT2D eigenvalue weighted by Gasteiger charge is -2.34. The number of amides is 1. The van der Waals surface area contributed by atoms with E-state index in [1.807, 2.05) is 4.90 Å². The van der Waals surface area contributed by atoms with Crippen LogP contribution in [0.2, 0.25) is 0 Å². The maximum Gasteiger partial charge on any atom is 0.264 e. The number of carbonyl (C=O) groups excluding carboxylic acids is 1. The number of rotatable bonds is 4. The minimum absolute atomic E-state index is 0.129. The highest BCUT2D eigenvalue weighted by atomic mass is 16.2. The van der Waals surface area contributed by atoms with E-state index in [4.69, 9.17) is 0 Å². The fourth-order valence-electron chi connectivity index (χ4n) is 3.84. The first-order chi connectivity index (χ1) is 11.4. The fraction of sp³-hybridized carbons (Fsp3) is 0.600. The molecular formula is C20H29N3O. The molecule has 0 aromatic carbocycles. The highest BCUT2D eigenvalue weighted by molar-refractivity contribution is 6.01. The van der Waals surface area contributed by atoms with E-state index in [1.165, 1.54) is 5.69 Å². The van der Waals surface area contributed by atoms with Gasteiger partial charge in [0, 0.05) is 31.0 Å². The molecule has 1 fully saturated rings. The zero-order valence-corrected chi connectivity index (χ0v) is 15.6. The maximum absolute atomic E-state index is 12.8. The summed E-state index contributed by atoms with van der Waals surface area (Å²) in [6.45, 7) is 13.1. The summed E-state index contributed by atoms with van der Waals surface area (Å²) in [7, 11) is 0. The van der Waals surface area contributed by atoms with Crippen LogP contribution in [0.1, 0.15) is 50.6 Å². The Kier molecular flexibility index (Phi) is 5.88. The lowest BCUT2D eigenvalue weighted by molar-refractivity contribution is -0.129. The van der Waals surface area contributed by atoms with Crippen molar-refractivity contribution < 1.29 is 4.79 Å². The molecule has 4 heteroatoms. The zero-order valence-electron chi connectivity index (χ0n) is 15.6. The van der Waals surface area contributed by atoms with Gasteiger partial charge >= 0.3 is 0 Å². The van der Waals surface area contributed by atoms with Crippen LogP contribution in [0, 0.1) is 37.0 Å². The molecule has 1 aromatic rings. The van der Waals surface area contributed by atoms with Crippen LogP contribution in [0.15, 0.2) is 11.6 Å². The van der Waals surface area contributed by atoms with Gasteiger partial charge in [-0.15, -0.1) is 0 Å². The third-order valence-electron chi connectivity index (χ3n) is 4.87. The number of aryl methyl sites for hydroxylation is 1. The molecule has 0 aliphatic carbocycles. The Morgan fingerprint density at radius 3 is 2.50 bits per heavy atom. The number of aromatic nitrogens is 1. The monoisotopic (exact) mass is 327 g/mol. The molecule has 1 aliphatic heterocycles. The summed E-state index contributed by atoms with van der Waals surface area (Å²) in [5.41, 5.74) is 3.51. The smallest absolute Gasteiger partial charge is 0.264 e. The van der Waals surface area contributed by atoms with E-state index in [0.29, 0.717) is 11.8 Å². The van der Waals surface area contributed by atoms with E-state index in [2.05, 4.69) is 51.3 Å². The van der Waals surface area contributed by atoms with Gasteiger partial charge in [-0.25, -0.2) is 0 Å². The normalized spacial score (nSPS) is 21.7. The van der Waals surface area contributed by atoms with Crippen molar-refractivity contribution in [1.82, 2.24) is 9.47 Å². The number of nitrogens with zero attached hydrogens (tertiary/aromatic N) is 3. The molecule has 2 rings (SSSR count). The summed E-state index contributed by atoms with van der Waals surface area (Å²) in [5, 5.41) is 9.52. The molecule has 0 N–H and O–H groups in total. The second kappa shape index (κ2) is 7.70. The van der Waals surface area contributed by atoms with E-state index in [1.54, 1.807) is 6.08 Å². The highest BCUT2D eigenvalue weighted by Gasteiger charge is 2.27. The zero-order chi connectivity index (χ0) is 17.9. The van der Waals surface area contributed by atoms with Gasteiger partial charge in [0.05, 0.1) is 0 Å². The number of likely N-dealkylation sites (tertiary alicyclic amines) is 1. The predicted molar refractivity (Wildman–Crippen MR) is 97.3 cm³/mol. The van der Waals surface area contributed by atoms with E-state index >= 15 is 0 Å². The van der Waals surface area contributed by atoms with Crippen molar-refractivity contribution >= 4 is 12.0 Å². The number of carbonyl (C=O) groups is 1. The van der Waals surface area contributed by atoms with Crippen LogP contribution in [-0.2, 0) is 11.3 Å². The molecule has 1 aromatic heterocycles. The van der Waals surface area contributed by atoms with Crippen LogP contribution in [-0.4, -0.2) is 28.5 Å². The fourth-order valence-corrected chi connectivity index (χ4v) is 3.84. The van der Waals surface area contributed by atoms with Gasteiger partial charge in [0.15, 0.2) is 0 Å². The van der Waals surface area contributed by atoms with Gasteiger partial charge < -0.3 is 9.47 Å². The number of nitriles is 1. The molecule has 1 aliphatic rings. The summed E-state index contributed by atoms with van der Waals surface area (Å²) >= 11 is 0. The van der Waals surface area contributed by atoms with Crippen molar-refractivity contribution in [2.75, 3.05) is 13.1 Å². The standard InChI is InChI=1S/C20H29N3O/c1-6-7-23-16(4)9-18(17(23)5)10-19(11-21)20(24)22-12-14(2)8-15(3)13-22/h9-10,14-15H,6-8,12-13H2,1-5H3/b19-10+. The quantitative estimate of drug-likeness (QED) is 0.621. The van der Waals surface area contributed by atoms with Crippen molar-refractivity contribution in [3.8, 4) is 6.07 Å². The van der Waals surface area contributed by atoms with Crippen LogP contribution in [0.5, 0.6) is 0 Å². The van der Waals surface area contributed by atoms with Gasteiger partial charge in [-0.3, -0.25) is 4.79 Å². The Labute approximate surface area is 145 Å². The topological polar surface area (TPSA) is 49.0 Å². The third-order valence-corrected chi connectivity index (χ3v) is 4.87. The van der Waals surface area contributed by atoms with Crippen LogP contribution in [0.3, 0.4) is 0 Å². The summed E-state index contributed by atoms with van der Waals surface area (Å²) in [6, 6.07) is 4.19. The molecule has 0 saturated carbocycles. The molecule has 1 amide bonds. The van der Waals surface area contributed by atoms with E-state index in [0.717, 1.165) is 43.7 Å². The molecule has 2 unspecified atom stereocenters. The maximum atomic E-state index is 12.8. The second-order valence-electron chi connectivity index (χ2n) is 7.30. The van der Waals surface area contributed by atoms with Crippen molar-refractivity contribution in [1.29, 1.82) is 5.26 Å². The van der Waals surface area contributed by atoms with Crippen molar-refractivity contribution in [2.45, 2.75) is 54.0 Å². The van der Waals surface area contributed by atoms with E-state index < -0.39 is 0 Å². The summed E-state index contributed by atoms with van der Waals surface area (Å²) in [5.74, 6) is 0.857. The largest absolute Gasteiger partial charge is 0.349 e. The first kappa shape index (κ1) is 18.3. The first-order valence-electron chi connectivity index (χ1n) is 8.95. The molecule has 1 saturated heterocycles. The Bertz CT molecular complexity index is 668. The third kappa shape index (κ3) is 3.90. The van der Waals surface area contributed by atoms with Gasteiger partial charge in [0.25, 0.3) is 5.91 Å². The Morgan fingerprint density at radius 2 is 1.96 bits per heavy atom. The van der Waals surface area contributed by atoms with Crippen molar-refractivity contribution in [3.05, 3.63) is 28.6 Å². The van der Waals surface area contributed by atoms with Crippen molar-refractivity contribution in [3.63, 3.8) is 0 Å². The molecule has 0 bridgehead atoms. The first-order valence-corrected chi connectivity index (χ1v) is 8.95. The van der Waals surface area contributed by atoms with Crippen LogP contribution in [0.4, 0.5) is 0 Å². The highest BCUT2D eigenvalue weighted by Crippen LogP contribution is 2.24. The van der Waals surface area contributed by atoms with Gasteiger partial charge in [-0.2, -0.15) is 5.26 Å². The Hall–Kier alpha value is -2.02. The molecule has 0 spiro atoms. The molecule has 2 atom stereocenters. The minimum Gasteiger partial charge on any atom is -0.349 e. The Morgan fingerprint density at radius 1 is 1.33 bits per heavy atom. The molecule has 130 valence electrons. The average Bonchev–Trinajstić information content (AvgIpc) is 2.79. The number of piperidine rings is 1. The van der Waals surface area contributed by atoms with E-state index in [9.17, 15) is 10.1 Å². The van der Waals surface area contributed by atoms with E-state index in [-0.39, 0.29) is 11.5 Å². The predicted octanol–water partition coefficient (Wildman–Crippen LogP) is 3.93. The lowest BCUT2D eigenvalue weighted by atomic mass is 9.91. The van der Waals surface area contributed by atoms with Crippen LogP contribution >= 0.6 is 0 Å². The minimum atomic E-state index is -0.129. The van der Waals surface area contributed by atoms with Gasteiger partial charge in [0.2, 0.25) is 0 Å². The van der Waals surface area contributed by atoms with Gasteiger partial charge in [-0.1, -0.05) is 20.8 Å².